The first-order valence-corrected chi connectivity index (χ1v) is 13.4. The molecule has 0 unspecified atom stereocenters. The summed E-state index contributed by atoms with van der Waals surface area (Å²) in [5.41, 5.74) is 0.509. The molecule has 0 saturated carbocycles. The second-order valence-corrected chi connectivity index (χ2v) is 9.42. The Labute approximate surface area is 219 Å². The lowest BCUT2D eigenvalue weighted by atomic mass is 9.95. The lowest BCUT2D eigenvalue weighted by Gasteiger charge is -2.28. The van der Waals surface area contributed by atoms with E-state index in [0.29, 0.717) is 29.9 Å². The monoisotopic (exact) mass is 524 g/mol. The lowest BCUT2D eigenvalue weighted by molar-refractivity contribution is -0.0860. The van der Waals surface area contributed by atoms with Crippen LogP contribution in [0.3, 0.4) is 0 Å². The summed E-state index contributed by atoms with van der Waals surface area (Å²) < 4.78 is 42.3. The van der Waals surface area contributed by atoms with Crippen molar-refractivity contribution < 1.29 is 23.3 Å². The van der Waals surface area contributed by atoms with Gasteiger partial charge in [0.15, 0.2) is 0 Å². The van der Waals surface area contributed by atoms with E-state index in [1.165, 1.54) is 22.5 Å². The largest absolute Gasteiger partial charge is 0.475 e. The molecule has 194 valence electrons. The molecule has 1 saturated heterocycles. The van der Waals surface area contributed by atoms with Crippen molar-refractivity contribution in [2.75, 3.05) is 26.1 Å². The van der Waals surface area contributed by atoms with Crippen LogP contribution in [0.5, 0.6) is 5.88 Å². The third kappa shape index (κ3) is 5.47. The standard InChI is InChI=1S/C27H29FN4O4S/c1-3-34-25-24-29-14-22(32(24)31-26(30-25)37-2)27(28)18-36-21(17-33-15-19-10-6-4-7-11-19)23(27)35-16-20-12-8-5-9-13-20/h4-14,21,23H,3,15-18H2,1-2H3/t21-,23-,27-/m1/s1. The Bertz CT molecular complexity index is 1310. The lowest BCUT2D eigenvalue weighted by Crippen LogP contribution is -2.42. The number of hydrogen-bond acceptors (Lipinski definition) is 8. The van der Waals surface area contributed by atoms with Crippen LogP contribution in [0.4, 0.5) is 4.39 Å². The summed E-state index contributed by atoms with van der Waals surface area (Å²) >= 11 is 1.34. The van der Waals surface area contributed by atoms with Crippen LogP contribution in [-0.4, -0.2) is 57.9 Å². The smallest absolute Gasteiger partial charge is 0.262 e. The number of thioether (sulfide) groups is 1. The highest BCUT2D eigenvalue weighted by Crippen LogP contribution is 2.41. The normalized spacial score (nSPS) is 21.5. The summed E-state index contributed by atoms with van der Waals surface area (Å²) in [6, 6.07) is 19.5. The number of imidazole rings is 1. The van der Waals surface area contributed by atoms with E-state index < -0.39 is 17.9 Å². The SMILES string of the molecule is CCOc1nc(SC)nn2c([C@]3(F)CO[C@H](COCc4ccccc4)[C@H]3OCc3ccccc3)cnc12. The molecule has 2 aromatic heterocycles. The van der Waals surface area contributed by atoms with Crippen LogP contribution in [0.25, 0.3) is 5.65 Å². The minimum Gasteiger partial charge on any atom is -0.475 e. The molecule has 2 aromatic carbocycles. The zero-order valence-corrected chi connectivity index (χ0v) is 21.6. The fraction of sp³-hybridized carbons (Fsp3) is 0.370. The number of nitrogens with zero attached hydrogens (tertiary/aromatic N) is 4. The molecule has 8 nitrogen and oxygen atoms in total. The van der Waals surface area contributed by atoms with E-state index in [1.807, 2.05) is 73.8 Å². The van der Waals surface area contributed by atoms with Gasteiger partial charge in [0.2, 0.25) is 16.5 Å². The maximum atomic E-state index is 17.1. The maximum absolute atomic E-state index is 17.1. The highest BCUT2D eigenvalue weighted by atomic mass is 32.2. The topological polar surface area (TPSA) is 80.0 Å². The summed E-state index contributed by atoms with van der Waals surface area (Å²) in [7, 11) is 0. The minimum atomic E-state index is -2.03. The Hall–Kier alpha value is -3.05. The molecule has 3 atom stereocenters. The minimum absolute atomic E-state index is 0.173. The molecule has 0 bridgehead atoms. The summed E-state index contributed by atoms with van der Waals surface area (Å²) in [5.74, 6) is 0.306. The molecule has 5 rings (SSSR count). The van der Waals surface area contributed by atoms with Crippen molar-refractivity contribution in [2.24, 2.45) is 0 Å². The zero-order chi connectivity index (χ0) is 25.7. The quantitative estimate of drug-likeness (QED) is 0.263. The van der Waals surface area contributed by atoms with E-state index in [4.69, 9.17) is 18.9 Å². The van der Waals surface area contributed by atoms with Crippen LogP contribution in [0.15, 0.2) is 72.0 Å². The van der Waals surface area contributed by atoms with Gasteiger partial charge in [0.1, 0.15) is 17.9 Å². The maximum Gasteiger partial charge on any atom is 0.262 e. The fourth-order valence-corrected chi connectivity index (χ4v) is 4.69. The van der Waals surface area contributed by atoms with Crippen LogP contribution in [-0.2, 0) is 33.1 Å². The van der Waals surface area contributed by atoms with Crippen molar-refractivity contribution >= 4 is 17.4 Å². The average Bonchev–Trinajstić information content (AvgIpc) is 3.51. The number of ether oxygens (including phenoxy) is 4. The van der Waals surface area contributed by atoms with Gasteiger partial charge >= 0.3 is 0 Å². The first-order valence-electron chi connectivity index (χ1n) is 12.1. The van der Waals surface area contributed by atoms with E-state index in [-0.39, 0.29) is 25.5 Å². The van der Waals surface area contributed by atoms with E-state index in [9.17, 15) is 0 Å². The molecule has 0 spiro atoms. The Morgan fingerprint density at radius 1 is 1.08 bits per heavy atom. The van der Waals surface area contributed by atoms with E-state index >= 15 is 4.39 Å². The number of benzene rings is 2. The van der Waals surface area contributed by atoms with Gasteiger partial charge in [0.25, 0.3) is 5.88 Å². The van der Waals surface area contributed by atoms with Crippen LogP contribution in [0.2, 0.25) is 0 Å². The molecule has 1 aliphatic rings. The second-order valence-electron chi connectivity index (χ2n) is 8.65. The molecular formula is C27H29FN4O4S. The fourth-order valence-electron chi connectivity index (χ4n) is 4.36. The van der Waals surface area contributed by atoms with Crippen LogP contribution in [0.1, 0.15) is 23.7 Å². The first kappa shape index (κ1) is 25.6. The highest BCUT2D eigenvalue weighted by molar-refractivity contribution is 7.98. The predicted molar refractivity (Wildman–Crippen MR) is 137 cm³/mol. The number of rotatable bonds is 11. The molecule has 0 aliphatic carbocycles. The molecular weight excluding hydrogens is 495 g/mol. The molecule has 1 fully saturated rings. The van der Waals surface area contributed by atoms with Gasteiger partial charge in [-0.15, -0.1) is 5.10 Å². The van der Waals surface area contributed by atoms with Gasteiger partial charge in [-0.2, -0.15) is 4.98 Å². The Balaban J connectivity index is 1.44. The third-order valence-electron chi connectivity index (χ3n) is 6.16. The molecule has 0 N–H and O–H groups in total. The van der Waals surface area contributed by atoms with Crippen molar-refractivity contribution in [3.8, 4) is 5.88 Å². The van der Waals surface area contributed by atoms with E-state index in [1.54, 1.807) is 0 Å². The average molecular weight is 525 g/mol. The molecule has 10 heteroatoms. The summed E-state index contributed by atoms with van der Waals surface area (Å²) in [6.45, 7) is 2.82. The number of hydrogen-bond donors (Lipinski definition) is 0. The Kier molecular flexibility index (Phi) is 7.99. The Morgan fingerprint density at radius 2 is 1.78 bits per heavy atom. The van der Waals surface area contributed by atoms with Gasteiger partial charge < -0.3 is 18.9 Å². The van der Waals surface area contributed by atoms with Crippen LogP contribution >= 0.6 is 11.8 Å². The predicted octanol–water partition coefficient (Wildman–Crippen LogP) is 4.61. The molecule has 0 radical (unpaired) electrons. The van der Waals surface area contributed by atoms with Gasteiger partial charge in [0, 0.05) is 0 Å². The second kappa shape index (κ2) is 11.6. The van der Waals surface area contributed by atoms with Gasteiger partial charge in [-0.3, -0.25) is 0 Å². The van der Waals surface area contributed by atoms with Crippen LogP contribution < -0.4 is 4.74 Å². The molecule has 4 aromatic rings. The Morgan fingerprint density at radius 3 is 2.46 bits per heavy atom. The van der Waals surface area contributed by atoms with Crippen molar-refractivity contribution in [3.05, 3.63) is 83.7 Å². The summed E-state index contributed by atoms with van der Waals surface area (Å²) in [5, 5.41) is 4.96. The third-order valence-corrected chi connectivity index (χ3v) is 6.70. The molecule has 0 amide bonds. The van der Waals surface area contributed by atoms with Crippen molar-refractivity contribution in [3.63, 3.8) is 0 Å². The molecule has 37 heavy (non-hydrogen) atoms. The van der Waals surface area contributed by atoms with Gasteiger partial charge in [0.05, 0.1) is 39.2 Å². The number of fused-ring (bicyclic) bond motifs is 1. The van der Waals surface area contributed by atoms with E-state index in [2.05, 4.69) is 15.1 Å². The van der Waals surface area contributed by atoms with Crippen molar-refractivity contribution in [1.29, 1.82) is 0 Å². The highest BCUT2D eigenvalue weighted by Gasteiger charge is 2.55. The zero-order valence-electron chi connectivity index (χ0n) is 20.7. The van der Waals surface area contributed by atoms with Gasteiger partial charge in [-0.25, -0.2) is 13.9 Å². The van der Waals surface area contributed by atoms with Gasteiger partial charge in [-0.1, -0.05) is 72.4 Å². The first-order chi connectivity index (χ1) is 18.1. The number of halogens is 1. The van der Waals surface area contributed by atoms with Crippen molar-refractivity contribution in [2.45, 2.75) is 43.2 Å². The number of alkyl halides is 1. The van der Waals surface area contributed by atoms with E-state index in [0.717, 1.165) is 11.1 Å². The van der Waals surface area contributed by atoms with Gasteiger partial charge in [-0.05, 0) is 24.3 Å². The van der Waals surface area contributed by atoms with Crippen LogP contribution in [0, 0.1) is 0 Å². The van der Waals surface area contributed by atoms with Crippen molar-refractivity contribution in [1.82, 2.24) is 19.6 Å². The molecule has 3 heterocycles. The summed E-state index contributed by atoms with van der Waals surface area (Å²) in [4.78, 5) is 8.80. The number of aromatic nitrogens is 4. The molecule has 1 aliphatic heterocycles. The summed E-state index contributed by atoms with van der Waals surface area (Å²) in [6.07, 6.45) is 1.73.